The van der Waals surface area contributed by atoms with Crippen LogP contribution in [-0.4, -0.2) is 11.3 Å². The van der Waals surface area contributed by atoms with Crippen LogP contribution >= 0.6 is 24.8 Å². The number of aromatic nitrogens is 1. The van der Waals surface area contributed by atoms with Gasteiger partial charge in [0.15, 0.2) is 6.29 Å². The number of carbonyl (C=O) groups excluding carboxylic acids is 1. The Morgan fingerprint density at radius 2 is 1.95 bits per heavy atom. The zero-order chi connectivity index (χ0) is 13.5. The Labute approximate surface area is 126 Å². The van der Waals surface area contributed by atoms with Crippen LogP contribution in [0.4, 0.5) is 0 Å². The Morgan fingerprint density at radius 1 is 1.26 bits per heavy atom. The summed E-state index contributed by atoms with van der Waals surface area (Å²) in [7, 11) is 0. The Kier molecular flexibility index (Phi) is 8.35. The lowest BCUT2D eigenvalue weighted by molar-refractivity contribution is 0.112. The summed E-state index contributed by atoms with van der Waals surface area (Å²) in [4.78, 5) is 15.5. The first-order valence-corrected chi connectivity index (χ1v) is 7.10. The molecule has 0 aliphatic carbocycles. The predicted octanol–water partition coefficient (Wildman–Crippen LogP) is 4.89. The lowest BCUT2D eigenvalue weighted by Crippen LogP contribution is -1.97. The third-order valence-electron chi connectivity index (χ3n) is 2.54. The molecule has 0 N–H and O–H groups in total. The SMILES string of the molecule is CC.CC(C)c1cccc(-c2nccs2)c1C=O.S. The molecule has 0 saturated carbocycles. The molecule has 1 heterocycles. The molecule has 2 nitrogen and oxygen atoms in total. The van der Waals surface area contributed by atoms with E-state index in [4.69, 9.17) is 0 Å². The fourth-order valence-electron chi connectivity index (χ4n) is 1.76. The third kappa shape index (κ3) is 4.18. The summed E-state index contributed by atoms with van der Waals surface area (Å²) >= 11 is 1.56. The second kappa shape index (κ2) is 8.88. The standard InChI is InChI=1S/C13H13NOS.C2H6.H2S/c1-9(2)10-4-3-5-11(12(10)8-15)13-14-6-7-16-13;1-2;/h3-9H,1-2H3;1-2H3;1H2. The Morgan fingerprint density at radius 3 is 2.42 bits per heavy atom. The van der Waals surface area contributed by atoms with Gasteiger partial charge in [-0.1, -0.05) is 45.9 Å². The molecule has 0 aliphatic heterocycles. The number of thiazole rings is 1. The minimum Gasteiger partial charge on any atom is -0.298 e. The van der Waals surface area contributed by atoms with E-state index >= 15 is 0 Å². The van der Waals surface area contributed by atoms with Crippen LogP contribution in [0.5, 0.6) is 0 Å². The molecule has 0 saturated heterocycles. The average Bonchev–Trinajstić information content (AvgIpc) is 2.93. The zero-order valence-electron chi connectivity index (χ0n) is 11.8. The van der Waals surface area contributed by atoms with Crippen LogP contribution in [0.1, 0.15) is 49.5 Å². The van der Waals surface area contributed by atoms with E-state index in [2.05, 4.69) is 18.8 Å². The number of nitrogens with zero attached hydrogens (tertiary/aromatic N) is 1. The van der Waals surface area contributed by atoms with E-state index < -0.39 is 0 Å². The van der Waals surface area contributed by atoms with Crippen LogP contribution < -0.4 is 0 Å². The summed E-state index contributed by atoms with van der Waals surface area (Å²) in [6, 6.07) is 5.94. The second-order valence-corrected chi connectivity index (χ2v) is 4.81. The van der Waals surface area contributed by atoms with Crippen LogP contribution in [0.25, 0.3) is 10.6 Å². The van der Waals surface area contributed by atoms with Crippen molar-refractivity contribution < 1.29 is 4.79 Å². The molecule has 0 spiro atoms. The van der Waals surface area contributed by atoms with Crippen molar-refractivity contribution in [1.82, 2.24) is 4.98 Å². The molecule has 2 aromatic rings. The number of hydrogen-bond acceptors (Lipinski definition) is 3. The van der Waals surface area contributed by atoms with E-state index in [0.717, 1.165) is 28.0 Å². The van der Waals surface area contributed by atoms with E-state index in [0.29, 0.717) is 5.92 Å². The molecule has 2 rings (SSSR count). The Bertz CT molecular complexity index is 493. The fourth-order valence-corrected chi connectivity index (χ4v) is 2.44. The summed E-state index contributed by atoms with van der Waals surface area (Å²) < 4.78 is 0. The number of carbonyl (C=O) groups is 1. The molecule has 19 heavy (non-hydrogen) atoms. The van der Waals surface area contributed by atoms with Crippen LogP contribution in [0.3, 0.4) is 0 Å². The Balaban J connectivity index is 0.00000103. The number of rotatable bonds is 3. The van der Waals surface area contributed by atoms with Gasteiger partial charge in [-0.3, -0.25) is 4.79 Å². The van der Waals surface area contributed by atoms with Gasteiger partial charge in [-0.25, -0.2) is 4.98 Å². The minimum atomic E-state index is 0. The van der Waals surface area contributed by atoms with Gasteiger partial charge in [0.05, 0.1) is 0 Å². The molecule has 0 radical (unpaired) electrons. The predicted molar refractivity (Wildman–Crippen MR) is 88.8 cm³/mol. The third-order valence-corrected chi connectivity index (χ3v) is 3.35. The van der Waals surface area contributed by atoms with Gasteiger partial charge in [0.25, 0.3) is 0 Å². The first kappa shape index (κ1) is 17.9. The highest BCUT2D eigenvalue weighted by atomic mass is 32.1. The van der Waals surface area contributed by atoms with E-state index in [1.165, 1.54) is 0 Å². The van der Waals surface area contributed by atoms with Crippen molar-refractivity contribution in [2.45, 2.75) is 33.6 Å². The lowest BCUT2D eigenvalue weighted by Gasteiger charge is -2.11. The zero-order valence-corrected chi connectivity index (χ0v) is 13.6. The van der Waals surface area contributed by atoms with Gasteiger partial charge in [0, 0.05) is 22.7 Å². The van der Waals surface area contributed by atoms with Crippen molar-refractivity contribution in [2.75, 3.05) is 0 Å². The first-order valence-electron chi connectivity index (χ1n) is 6.22. The fraction of sp³-hybridized carbons (Fsp3) is 0.333. The second-order valence-electron chi connectivity index (χ2n) is 3.92. The highest BCUT2D eigenvalue weighted by Gasteiger charge is 2.12. The van der Waals surface area contributed by atoms with Crippen LogP contribution in [0.2, 0.25) is 0 Å². The van der Waals surface area contributed by atoms with Crippen molar-refractivity contribution in [3.63, 3.8) is 0 Å². The molecule has 1 aromatic carbocycles. The summed E-state index contributed by atoms with van der Waals surface area (Å²) in [6.07, 6.45) is 2.70. The Hall–Kier alpha value is -1.13. The molecule has 0 amide bonds. The van der Waals surface area contributed by atoms with E-state index in [1.54, 1.807) is 17.5 Å². The molecule has 104 valence electrons. The van der Waals surface area contributed by atoms with E-state index in [9.17, 15) is 4.79 Å². The average molecular weight is 295 g/mol. The van der Waals surface area contributed by atoms with Gasteiger partial charge in [-0.05, 0) is 11.5 Å². The highest BCUT2D eigenvalue weighted by molar-refractivity contribution is 7.59. The van der Waals surface area contributed by atoms with Crippen molar-refractivity contribution in [2.24, 2.45) is 0 Å². The topological polar surface area (TPSA) is 30.0 Å². The lowest BCUT2D eigenvalue weighted by atomic mass is 9.94. The maximum absolute atomic E-state index is 11.2. The molecular formula is C15H21NOS2. The van der Waals surface area contributed by atoms with Gasteiger partial charge in [0.2, 0.25) is 0 Å². The highest BCUT2D eigenvalue weighted by Crippen LogP contribution is 2.29. The van der Waals surface area contributed by atoms with Gasteiger partial charge < -0.3 is 0 Å². The summed E-state index contributed by atoms with van der Waals surface area (Å²) in [5.74, 6) is 0.347. The smallest absolute Gasteiger partial charge is 0.151 e. The maximum atomic E-state index is 11.2. The van der Waals surface area contributed by atoms with Crippen molar-refractivity contribution in [1.29, 1.82) is 0 Å². The summed E-state index contributed by atoms with van der Waals surface area (Å²) in [5, 5.41) is 2.83. The van der Waals surface area contributed by atoms with Crippen molar-refractivity contribution in [3.05, 3.63) is 40.9 Å². The number of benzene rings is 1. The van der Waals surface area contributed by atoms with Gasteiger partial charge in [-0.2, -0.15) is 13.5 Å². The maximum Gasteiger partial charge on any atom is 0.151 e. The van der Waals surface area contributed by atoms with Gasteiger partial charge in [-0.15, -0.1) is 11.3 Å². The largest absolute Gasteiger partial charge is 0.298 e. The van der Waals surface area contributed by atoms with Crippen LogP contribution in [0.15, 0.2) is 29.8 Å². The monoisotopic (exact) mass is 295 g/mol. The van der Waals surface area contributed by atoms with Crippen molar-refractivity contribution >= 4 is 31.1 Å². The van der Waals surface area contributed by atoms with Crippen LogP contribution in [0, 0.1) is 0 Å². The molecule has 0 fully saturated rings. The molecule has 0 bridgehead atoms. The van der Waals surface area contributed by atoms with Gasteiger partial charge in [0.1, 0.15) is 5.01 Å². The molecule has 0 unspecified atom stereocenters. The van der Waals surface area contributed by atoms with Crippen LogP contribution in [-0.2, 0) is 0 Å². The normalized spacial score (nSPS) is 9.32. The summed E-state index contributed by atoms with van der Waals surface area (Å²) in [5.41, 5.74) is 2.80. The number of aldehydes is 1. The van der Waals surface area contributed by atoms with E-state index in [1.807, 2.05) is 37.4 Å². The molecule has 4 heteroatoms. The molecular weight excluding hydrogens is 274 g/mol. The quantitative estimate of drug-likeness (QED) is 0.755. The first-order chi connectivity index (χ1) is 8.74. The minimum absolute atomic E-state index is 0. The van der Waals surface area contributed by atoms with Crippen molar-refractivity contribution in [3.8, 4) is 10.6 Å². The van der Waals surface area contributed by atoms with Gasteiger partial charge >= 0.3 is 0 Å². The summed E-state index contributed by atoms with van der Waals surface area (Å²) in [6.45, 7) is 8.18. The molecule has 0 atom stereocenters. The number of hydrogen-bond donors (Lipinski definition) is 0. The van der Waals surface area contributed by atoms with E-state index in [-0.39, 0.29) is 13.5 Å². The molecule has 1 aromatic heterocycles. The molecule has 0 aliphatic rings.